The predicted octanol–water partition coefficient (Wildman–Crippen LogP) is 5.11. The molecule has 3 aromatic carbocycles. The second-order valence-electron chi connectivity index (χ2n) is 8.43. The molecule has 0 aliphatic rings. The Morgan fingerprint density at radius 2 is 1.52 bits per heavy atom. The van der Waals surface area contributed by atoms with Gasteiger partial charge < -0.3 is 9.53 Å². The van der Waals surface area contributed by atoms with E-state index in [4.69, 9.17) is 4.43 Å². The zero-order chi connectivity index (χ0) is 22.2. The third-order valence-corrected chi connectivity index (χ3v) is 11.2. The lowest BCUT2D eigenvalue weighted by atomic mass is 10.2. The van der Waals surface area contributed by atoms with Gasteiger partial charge in [0.25, 0.3) is 0 Å². The fourth-order valence-electron chi connectivity index (χ4n) is 4.09. The van der Waals surface area contributed by atoms with E-state index >= 15 is 0 Å². The maximum Gasteiger partial charge on any atom is 0.432 e. The summed E-state index contributed by atoms with van der Waals surface area (Å²) in [5.74, 6) is 0.639. The van der Waals surface area contributed by atoms with Gasteiger partial charge in [0.2, 0.25) is 0 Å². The second kappa shape index (κ2) is 8.12. The summed E-state index contributed by atoms with van der Waals surface area (Å²) in [6, 6.07) is 26.3. The molecule has 0 bridgehead atoms. The number of rotatable bonds is 4. The molecule has 0 spiro atoms. The molecule has 0 amide bonds. The Hall–Kier alpha value is -2.65. The van der Waals surface area contributed by atoms with Crippen LogP contribution in [0.2, 0.25) is 5.04 Å². The van der Waals surface area contributed by atoms with Crippen molar-refractivity contribution >= 4 is 58.3 Å². The van der Waals surface area contributed by atoms with Crippen molar-refractivity contribution in [1.29, 1.82) is 0 Å². The van der Waals surface area contributed by atoms with Crippen LogP contribution in [0, 0.1) is 3.70 Å². The maximum atomic E-state index is 11.7. The summed E-state index contributed by atoms with van der Waals surface area (Å²) < 4.78 is 8.65. The largest absolute Gasteiger partial charge is 0.534 e. The van der Waals surface area contributed by atoms with Gasteiger partial charge in [0, 0.05) is 11.5 Å². The minimum absolute atomic E-state index is 0.188. The van der Waals surface area contributed by atoms with Crippen LogP contribution in [0.15, 0.2) is 78.9 Å². The fourth-order valence-corrected chi connectivity index (χ4v) is 9.18. The van der Waals surface area contributed by atoms with Crippen LogP contribution in [0.3, 0.4) is 0 Å². The molecule has 1 heterocycles. The number of carboxylic acid groups (broad SMARTS) is 1. The molecule has 1 aromatic heterocycles. The van der Waals surface area contributed by atoms with Crippen molar-refractivity contribution in [3.05, 3.63) is 82.6 Å². The fraction of sp³-hybridized carbons (Fsp3) is 0.167. The SMILES string of the molecule is CC(C)(C)[Si](Oc1ccc2c(I)nn(C(=O)O)c2c1)(c1ccccc1)c1ccccc1. The summed E-state index contributed by atoms with van der Waals surface area (Å²) in [5.41, 5.74) is 0.521. The van der Waals surface area contributed by atoms with Crippen molar-refractivity contribution in [1.82, 2.24) is 9.78 Å². The Morgan fingerprint density at radius 3 is 2.00 bits per heavy atom. The van der Waals surface area contributed by atoms with Gasteiger partial charge in [0.05, 0.1) is 5.52 Å². The molecule has 4 aromatic rings. The summed E-state index contributed by atoms with van der Waals surface area (Å²) in [6.07, 6.45) is -1.12. The first kappa shape index (κ1) is 21.6. The number of hydrogen-bond acceptors (Lipinski definition) is 3. The quantitative estimate of drug-likeness (QED) is 0.288. The first-order valence-corrected chi connectivity index (χ1v) is 12.9. The molecular formula is C24H23IN2O3Si. The minimum atomic E-state index is -2.79. The molecule has 0 fully saturated rings. The van der Waals surface area contributed by atoms with E-state index in [9.17, 15) is 9.90 Å². The molecule has 5 nitrogen and oxygen atoms in total. The molecule has 31 heavy (non-hydrogen) atoms. The van der Waals surface area contributed by atoms with Gasteiger partial charge in [-0.25, -0.2) is 4.79 Å². The van der Waals surface area contributed by atoms with Crippen LogP contribution in [0.25, 0.3) is 10.9 Å². The summed E-state index contributed by atoms with van der Waals surface area (Å²) in [4.78, 5) is 11.7. The van der Waals surface area contributed by atoms with Gasteiger partial charge in [0.1, 0.15) is 9.45 Å². The van der Waals surface area contributed by atoms with Crippen molar-refractivity contribution in [3.8, 4) is 5.75 Å². The number of hydrogen-bond donors (Lipinski definition) is 1. The highest BCUT2D eigenvalue weighted by Crippen LogP contribution is 2.38. The number of benzene rings is 3. The number of aromatic nitrogens is 2. The average molecular weight is 542 g/mol. The van der Waals surface area contributed by atoms with Crippen LogP contribution in [-0.2, 0) is 0 Å². The standard InChI is InChI=1S/C24H23IN2O3Si/c1-24(2,3)31(18-10-6-4-7-11-18,19-12-8-5-9-13-19)30-17-14-15-20-21(16-17)27(23(28)29)26-22(20)25/h4-16H,1-3H3,(H,28,29). The molecule has 0 saturated carbocycles. The van der Waals surface area contributed by atoms with Gasteiger partial charge in [-0.05, 0) is 50.1 Å². The van der Waals surface area contributed by atoms with Gasteiger partial charge >= 0.3 is 14.4 Å². The van der Waals surface area contributed by atoms with Crippen molar-refractivity contribution < 1.29 is 14.3 Å². The Morgan fingerprint density at radius 1 is 0.968 bits per heavy atom. The molecule has 0 aliphatic carbocycles. The molecule has 0 atom stereocenters. The van der Waals surface area contributed by atoms with Crippen LogP contribution < -0.4 is 14.8 Å². The molecule has 0 unspecified atom stereocenters. The van der Waals surface area contributed by atoms with Crippen molar-refractivity contribution in [2.75, 3.05) is 0 Å². The number of nitrogens with zero attached hydrogens (tertiary/aromatic N) is 2. The highest BCUT2D eigenvalue weighted by Gasteiger charge is 2.52. The Balaban J connectivity index is 1.95. The van der Waals surface area contributed by atoms with E-state index in [1.54, 1.807) is 6.07 Å². The van der Waals surface area contributed by atoms with E-state index in [2.05, 4.69) is 72.7 Å². The zero-order valence-electron chi connectivity index (χ0n) is 17.5. The lowest BCUT2D eigenvalue weighted by Crippen LogP contribution is -2.68. The molecule has 0 aliphatic heterocycles. The molecule has 4 rings (SSSR count). The lowest BCUT2D eigenvalue weighted by Gasteiger charge is -2.43. The predicted molar refractivity (Wildman–Crippen MR) is 134 cm³/mol. The van der Waals surface area contributed by atoms with Gasteiger partial charge in [-0.3, -0.25) is 0 Å². The zero-order valence-corrected chi connectivity index (χ0v) is 20.7. The summed E-state index contributed by atoms with van der Waals surface area (Å²) in [5, 5.41) is 16.6. The Kier molecular flexibility index (Phi) is 5.65. The third-order valence-electron chi connectivity index (χ3n) is 5.48. The van der Waals surface area contributed by atoms with Crippen molar-refractivity contribution in [2.24, 2.45) is 0 Å². The van der Waals surface area contributed by atoms with Crippen molar-refractivity contribution in [2.45, 2.75) is 25.8 Å². The average Bonchev–Trinajstić information content (AvgIpc) is 3.08. The van der Waals surface area contributed by atoms with E-state index in [-0.39, 0.29) is 5.04 Å². The van der Waals surface area contributed by atoms with E-state index in [0.717, 1.165) is 20.4 Å². The first-order chi connectivity index (χ1) is 14.7. The normalized spacial score (nSPS) is 12.1. The number of halogens is 1. The lowest BCUT2D eigenvalue weighted by molar-refractivity contribution is 0.194. The molecule has 1 N–H and O–H groups in total. The summed E-state index contributed by atoms with van der Waals surface area (Å²) in [6.45, 7) is 6.63. The second-order valence-corrected chi connectivity index (χ2v) is 13.7. The van der Waals surface area contributed by atoms with Crippen LogP contribution in [0.4, 0.5) is 4.79 Å². The molecular weight excluding hydrogens is 519 g/mol. The molecule has 0 saturated heterocycles. The minimum Gasteiger partial charge on any atom is -0.534 e. The summed E-state index contributed by atoms with van der Waals surface area (Å²) in [7, 11) is -2.79. The maximum absolute atomic E-state index is 11.7. The number of carbonyl (C=O) groups is 1. The smallest absolute Gasteiger partial charge is 0.432 e. The monoisotopic (exact) mass is 542 g/mol. The van der Waals surface area contributed by atoms with Crippen LogP contribution >= 0.6 is 22.6 Å². The van der Waals surface area contributed by atoms with Crippen LogP contribution in [0.5, 0.6) is 5.75 Å². The Bertz CT molecular complexity index is 1190. The summed E-state index contributed by atoms with van der Waals surface area (Å²) >= 11 is 2.06. The Labute approximate surface area is 195 Å². The topological polar surface area (TPSA) is 64.4 Å². The molecule has 7 heteroatoms. The molecule has 0 radical (unpaired) electrons. The van der Waals surface area contributed by atoms with E-state index in [0.29, 0.717) is 15.0 Å². The highest BCUT2D eigenvalue weighted by atomic mass is 127. The van der Waals surface area contributed by atoms with E-state index in [1.165, 1.54) is 0 Å². The van der Waals surface area contributed by atoms with Crippen LogP contribution in [0.1, 0.15) is 20.8 Å². The van der Waals surface area contributed by atoms with Gasteiger partial charge in [-0.15, -0.1) is 0 Å². The third kappa shape index (κ3) is 3.76. The van der Waals surface area contributed by atoms with Gasteiger partial charge in [-0.1, -0.05) is 81.4 Å². The number of fused-ring (bicyclic) bond motifs is 1. The van der Waals surface area contributed by atoms with E-state index < -0.39 is 14.4 Å². The van der Waals surface area contributed by atoms with E-state index in [1.807, 2.05) is 48.5 Å². The van der Waals surface area contributed by atoms with Gasteiger partial charge in [-0.2, -0.15) is 9.78 Å². The van der Waals surface area contributed by atoms with Crippen LogP contribution in [-0.4, -0.2) is 29.3 Å². The van der Waals surface area contributed by atoms with Gasteiger partial charge in [0.15, 0.2) is 0 Å². The highest BCUT2D eigenvalue weighted by molar-refractivity contribution is 14.1. The first-order valence-electron chi connectivity index (χ1n) is 9.96. The molecule has 158 valence electrons. The van der Waals surface area contributed by atoms with Crippen molar-refractivity contribution in [3.63, 3.8) is 0 Å².